The highest BCUT2D eigenvalue weighted by Gasteiger charge is 2.46. The van der Waals surface area contributed by atoms with Crippen molar-refractivity contribution >= 4 is 23.3 Å². The number of benzene rings is 1. The Morgan fingerprint density at radius 1 is 1.27 bits per heavy atom. The van der Waals surface area contributed by atoms with Gasteiger partial charge in [-0.05, 0) is 38.0 Å². The Kier molecular flexibility index (Phi) is 4.21. The number of ketones is 1. The number of fused-ring (bicyclic) bond motifs is 1. The van der Waals surface area contributed by atoms with Crippen LogP contribution in [0.4, 0.5) is 5.69 Å². The lowest BCUT2D eigenvalue weighted by Crippen LogP contribution is -2.57. The normalized spacial score (nSPS) is 16.0. The Morgan fingerprint density at radius 2 is 1.91 bits per heavy atom. The van der Waals surface area contributed by atoms with E-state index >= 15 is 0 Å². The Labute approximate surface area is 129 Å². The average molecular weight is 304 g/mol. The van der Waals surface area contributed by atoms with Crippen LogP contribution >= 0.6 is 0 Å². The van der Waals surface area contributed by atoms with Crippen LogP contribution in [-0.2, 0) is 9.59 Å². The van der Waals surface area contributed by atoms with E-state index in [4.69, 9.17) is 10.5 Å². The minimum Gasteiger partial charge on any atom is -0.475 e. The zero-order chi connectivity index (χ0) is 16.5. The SMILES string of the molecule is CCC1(CC)Oc2ccc(C(C)=O)cc2N(CC(N)=O)C1=O. The van der Waals surface area contributed by atoms with Gasteiger partial charge in [0.15, 0.2) is 11.4 Å². The van der Waals surface area contributed by atoms with Crippen molar-refractivity contribution in [1.82, 2.24) is 0 Å². The van der Waals surface area contributed by atoms with E-state index in [0.29, 0.717) is 29.8 Å². The summed E-state index contributed by atoms with van der Waals surface area (Å²) in [4.78, 5) is 37.0. The zero-order valence-corrected chi connectivity index (χ0v) is 13.0. The van der Waals surface area contributed by atoms with Gasteiger partial charge in [-0.3, -0.25) is 19.3 Å². The summed E-state index contributed by atoms with van der Waals surface area (Å²) in [5, 5.41) is 0. The molecule has 0 unspecified atom stereocenters. The van der Waals surface area contributed by atoms with Gasteiger partial charge in [-0.15, -0.1) is 0 Å². The third kappa shape index (κ3) is 2.56. The van der Waals surface area contributed by atoms with E-state index in [1.165, 1.54) is 11.8 Å². The molecule has 0 fully saturated rings. The van der Waals surface area contributed by atoms with E-state index in [1.54, 1.807) is 18.2 Å². The first-order valence-corrected chi connectivity index (χ1v) is 7.29. The number of carbonyl (C=O) groups is 3. The molecule has 0 aromatic heterocycles. The number of primary amides is 1. The molecule has 1 aromatic carbocycles. The van der Waals surface area contributed by atoms with E-state index in [9.17, 15) is 14.4 Å². The van der Waals surface area contributed by atoms with Crippen LogP contribution in [0, 0.1) is 0 Å². The number of anilines is 1. The molecule has 2 N–H and O–H groups in total. The number of rotatable bonds is 5. The van der Waals surface area contributed by atoms with Gasteiger partial charge in [0.1, 0.15) is 12.3 Å². The summed E-state index contributed by atoms with van der Waals surface area (Å²) in [6.45, 7) is 4.92. The van der Waals surface area contributed by atoms with Crippen LogP contribution in [0.3, 0.4) is 0 Å². The van der Waals surface area contributed by atoms with E-state index in [0.717, 1.165) is 0 Å². The second kappa shape index (κ2) is 5.79. The molecule has 6 heteroatoms. The number of amides is 2. The molecule has 0 bridgehead atoms. The lowest BCUT2D eigenvalue weighted by molar-refractivity contribution is -0.137. The van der Waals surface area contributed by atoms with Gasteiger partial charge in [0.25, 0.3) is 5.91 Å². The highest BCUT2D eigenvalue weighted by molar-refractivity contribution is 6.07. The minimum atomic E-state index is -1.000. The van der Waals surface area contributed by atoms with Gasteiger partial charge in [0.2, 0.25) is 5.91 Å². The summed E-state index contributed by atoms with van der Waals surface area (Å²) in [6.07, 6.45) is 0.955. The molecule has 0 atom stereocenters. The van der Waals surface area contributed by atoms with E-state index in [2.05, 4.69) is 0 Å². The van der Waals surface area contributed by atoms with Crippen LogP contribution < -0.4 is 15.4 Å². The zero-order valence-electron chi connectivity index (χ0n) is 13.0. The third-order valence-electron chi connectivity index (χ3n) is 4.05. The van der Waals surface area contributed by atoms with Crippen LogP contribution in [0.25, 0.3) is 0 Å². The smallest absolute Gasteiger partial charge is 0.271 e. The molecular weight excluding hydrogens is 284 g/mol. The monoisotopic (exact) mass is 304 g/mol. The molecule has 0 saturated heterocycles. The predicted octanol–water partition coefficient (Wildman–Crippen LogP) is 1.66. The molecule has 2 rings (SSSR count). The van der Waals surface area contributed by atoms with Crippen molar-refractivity contribution in [3.63, 3.8) is 0 Å². The van der Waals surface area contributed by atoms with Crippen LogP contribution in [0.15, 0.2) is 18.2 Å². The molecule has 0 spiro atoms. The third-order valence-corrected chi connectivity index (χ3v) is 4.05. The van der Waals surface area contributed by atoms with Gasteiger partial charge in [0, 0.05) is 5.56 Å². The summed E-state index contributed by atoms with van der Waals surface area (Å²) >= 11 is 0. The highest BCUT2D eigenvalue weighted by atomic mass is 16.5. The molecule has 1 aliphatic heterocycles. The maximum Gasteiger partial charge on any atom is 0.271 e. The van der Waals surface area contributed by atoms with Gasteiger partial charge in [-0.25, -0.2) is 0 Å². The lowest BCUT2D eigenvalue weighted by Gasteiger charge is -2.41. The number of hydrogen-bond acceptors (Lipinski definition) is 4. The van der Waals surface area contributed by atoms with Crippen LogP contribution in [0.2, 0.25) is 0 Å². The fraction of sp³-hybridized carbons (Fsp3) is 0.438. The number of Topliss-reactive ketones (excluding diaryl/α,β-unsaturated/α-hetero) is 1. The summed E-state index contributed by atoms with van der Waals surface area (Å²) in [5.74, 6) is -0.563. The summed E-state index contributed by atoms with van der Waals surface area (Å²) in [7, 11) is 0. The quantitative estimate of drug-likeness (QED) is 0.838. The lowest BCUT2D eigenvalue weighted by atomic mass is 9.92. The summed E-state index contributed by atoms with van der Waals surface area (Å²) < 4.78 is 5.92. The molecule has 118 valence electrons. The maximum atomic E-state index is 12.8. The van der Waals surface area contributed by atoms with Crippen LogP contribution in [0.1, 0.15) is 44.0 Å². The average Bonchev–Trinajstić information content (AvgIpc) is 2.49. The molecule has 0 aliphatic carbocycles. The molecule has 1 aromatic rings. The second-order valence-corrected chi connectivity index (χ2v) is 5.40. The second-order valence-electron chi connectivity index (χ2n) is 5.40. The highest BCUT2D eigenvalue weighted by Crippen LogP contribution is 2.41. The van der Waals surface area contributed by atoms with Crippen molar-refractivity contribution in [1.29, 1.82) is 0 Å². The number of nitrogens with two attached hydrogens (primary N) is 1. The molecule has 0 radical (unpaired) electrons. The van der Waals surface area contributed by atoms with Crippen molar-refractivity contribution in [2.24, 2.45) is 5.73 Å². The van der Waals surface area contributed by atoms with Crippen molar-refractivity contribution in [2.75, 3.05) is 11.4 Å². The number of hydrogen-bond donors (Lipinski definition) is 1. The fourth-order valence-electron chi connectivity index (χ4n) is 2.65. The number of ether oxygens (including phenoxy) is 1. The summed E-state index contributed by atoms with van der Waals surface area (Å²) in [6, 6.07) is 4.87. The maximum absolute atomic E-state index is 12.8. The van der Waals surface area contributed by atoms with E-state index in [-0.39, 0.29) is 18.2 Å². The predicted molar refractivity (Wildman–Crippen MR) is 81.9 cm³/mol. The molecule has 2 amide bonds. The van der Waals surface area contributed by atoms with Gasteiger partial charge >= 0.3 is 0 Å². The van der Waals surface area contributed by atoms with E-state index in [1.807, 2.05) is 13.8 Å². The van der Waals surface area contributed by atoms with Crippen molar-refractivity contribution in [2.45, 2.75) is 39.2 Å². The molecular formula is C16H20N2O4. The topological polar surface area (TPSA) is 89.7 Å². The first kappa shape index (κ1) is 16.0. The van der Waals surface area contributed by atoms with Crippen molar-refractivity contribution < 1.29 is 19.1 Å². The Bertz CT molecular complexity index is 635. The molecule has 0 saturated carbocycles. The molecule has 6 nitrogen and oxygen atoms in total. The Morgan fingerprint density at radius 3 is 2.41 bits per heavy atom. The van der Waals surface area contributed by atoms with E-state index < -0.39 is 11.5 Å². The standard InChI is InChI=1S/C16H20N2O4/c1-4-16(5-2)15(21)18(9-14(17)20)12-8-11(10(3)19)6-7-13(12)22-16/h6-8H,4-5,9H2,1-3H3,(H2,17,20). The van der Waals surface area contributed by atoms with Gasteiger partial charge in [0.05, 0.1) is 5.69 Å². The molecule has 1 aliphatic rings. The van der Waals surface area contributed by atoms with Crippen molar-refractivity contribution in [3.05, 3.63) is 23.8 Å². The van der Waals surface area contributed by atoms with Crippen LogP contribution in [0.5, 0.6) is 5.75 Å². The van der Waals surface area contributed by atoms with Crippen molar-refractivity contribution in [3.8, 4) is 5.75 Å². The molecule has 1 heterocycles. The first-order valence-electron chi connectivity index (χ1n) is 7.29. The van der Waals surface area contributed by atoms with Gasteiger partial charge in [-0.1, -0.05) is 13.8 Å². The number of nitrogens with zero attached hydrogens (tertiary/aromatic N) is 1. The van der Waals surface area contributed by atoms with Crippen LogP contribution in [-0.4, -0.2) is 29.7 Å². The minimum absolute atomic E-state index is 0.128. The Hall–Kier alpha value is -2.37. The summed E-state index contributed by atoms with van der Waals surface area (Å²) in [5.41, 5.74) is 5.13. The first-order chi connectivity index (χ1) is 10.3. The molecule has 22 heavy (non-hydrogen) atoms. The number of carbonyl (C=O) groups excluding carboxylic acids is 3. The van der Waals surface area contributed by atoms with Gasteiger partial charge in [-0.2, -0.15) is 0 Å². The van der Waals surface area contributed by atoms with Gasteiger partial charge < -0.3 is 10.5 Å². The fourth-order valence-corrected chi connectivity index (χ4v) is 2.65. The largest absolute Gasteiger partial charge is 0.475 e. The Balaban J connectivity index is 2.59.